The lowest BCUT2D eigenvalue weighted by Crippen LogP contribution is -2.26. The van der Waals surface area contributed by atoms with Gasteiger partial charge in [0.05, 0.1) is 19.8 Å². The average molecular weight is 360 g/mol. The molecule has 0 amide bonds. The molecule has 2 heterocycles. The number of phenols is 1. The van der Waals surface area contributed by atoms with Gasteiger partial charge in [0.15, 0.2) is 0 Å². The van der Waals surface area contributed by atoms with Gasteiger partial charge in [-0.15, -0.1) is 11.3 Å². The highest BCUT2D eigenvalue weighted by atomic mass is 32.1. The van der Waals surface area contributed by atoms with Crippen molar-refractivity contribution in [2.75, 3.05) is 27.8 Å². The highest BCUT2D eigenvalue weighted by Gasteiger charge is 2.27. The number of phenolic OH excluding ortho intramolecular Hbond substituents is 1. The zero-order valence-corrected chi connectivity index (χ0v) is 15.2. The van der Waals surface area contributed by atoms with Crippen LogP contribution in [-0.2, 0) is 17.7 Å². The number of esters is 1. The van der Waals surface area contributed by atoms with E-state index in [4.69, 9.17) is 9.47 Å². The van der Waals surface area contributed by atoms with E-state index in [-0.39, 0.29) is 11.7 Å². The third-order valence-electron chi connectivity index (χ3n) is 4.18. The number of thiophene rings is 1. The first-order valence-electron chi connectivity index (χ1n) is 7.86. The molecule has 25 heavy (non-hydrogen) atoms. The van der Waals surface area contributed by atoms with Crippen LogP contribution in [0.15, 0.2) is 23.2 Å². The van der Waals surface area contributed by atoms with Gasteiger partial charge in [0.2, 0.25) is 0 Å². The number of fused-ring (bicyclic) bond motifs is 1. The Morgan fingerprint density at radius 1 is 1.40 bits per heavy atom. The zero-order chi connectivity index (χ0) is 18.0. The van der Waals surface area contributed by atoms with E-state index in [1.807, 2.05) is 0 Å². The molecule has 1 N–H and O–H groups in total. The SMILES string of the molecule is COC(=O)c1c(N=Cc2ccc(OC)cc2O)sc2c1CCN(C)C2. The minimum Gasteiger partial charge on any atom is -0.507 e. The minimum atomic E-state index is -0.367. The van der Waals surface area contributed by atoms with Crippen LogP contribution in [-0.4, -0.2) is 50.0 Å². The second-order valence-corrected chi connectivity index (χ2v) is 6.93. The fraction of sp³-hybridized carbons (Fsp3) is 0.333. The quantitative estimate of drug-likeness (QED) is 0.670. The lowest BCUT2D eigenvalue weighted by Gasteiger charge is -2.22. The number of hydrogen-bond donors (Lipinski definition) is 1. The van der Waals surface area contributed by atoms with Gasteiger partial charge >= 0.3 is 5.97 Å². The summed E-state index contributed by atoms with van der Waals surface area (Å²) in [6.45, 7) is 1.70. The van der Waals surface area contributed by atoms with Crippen LogP contribution in [0.1, 0.15) is 26.4 Å². The largest absolute Gasteiger partial charge is 0.507 e. The zero-order valence-electron chi connectivity index (χ0n) is 14.4. The summed E-state index contributed by atoms with van der Waals surface area (Å²) in [5.41, 5.74) is 2.13. The lowest BCUT2D eigenvalue weighted by molar-refractivity contribution is 0.0600. The normalized spacial score (nSPS) is 14.5. The van der Waals surface area contributed by atoms with Crippen LogP contribution in [0.4, 0.5) is 5.00 Å². The molecule has 0 saturated heterocycles. The molecule has 132 valence electrons. The van der Waals surface area contributed by atoms with Crippen molar-refractivity contribution in [2.24, 2.45) is 4.99 Å². The molecule has 0 bridgehead atoms. The Labute approximate surface area is 150 Å². The van der Waals surface area contributed by atoms with Gasteiger partial charge in [0.1, 0.15) is 16.5 Å². The van der Waals surface area contributed by atoms with E-state index in [0.29, 0.717) is 21.9 Å². The third-order valence-corrected chi connectivity index (χ3v) is 5.30. The van der Waals surface area contributed by atoms with Gasteiger partial charge in [0, 0.05) is 35.8 Å². The van der Waals surface area contributed by atoms with Crippen molar-refractivity contribution in [1.29, 1.82) is 0 Å². The molecule has 0 atom stereocenters. The summed E-state index contributed by atoms with van der Waals surface area (Å²) in [7, 11) is 4.97. The van der Waals surface area contributed by atoms with E-state index in [1.165, 1.54) is 24.5 Å². The number of nitrogens with zero attached hydrogens (tertiary/aromatic N) is 2. The molecular weight excluding hydrogens is 340 g/mol. The summed E-state index contributed by atoms with van der Waals surface area (Å²) in [6.07, 6.45) is 2.36. The number of carbonyl (C=O) groups excluding carboxylic acids is 1. The van der Waals surface area contributed by atoms with E-state index in [1.54, 1.807) is 25.5 Å². The molecule has 0 spiro atoms. The second-order valence-electron chi connectivity index (χ2n) is 5.85. The van der Waals surface area contributed by atoms with E-state index >= 15 is 0 Å². The number of carbonyl (C=O) groups is 1. The first-order chi connectivity index (χ1) is 12.0. The van der Waals surface area contributed by atoms with Crippen molar-refractivity contribution in [1.82, 2.24) is 4.90 Å². The Morgan fingerprint density at radius 2 is 2.20 bits per heavy atom. The fourth-order valence-corrected chi connectivity index (χ4v) is 4.07. The number of benzene rings is 1. The van der Waals surface area contributed by atoms with Crippen molar-refractivity contribution in [3.63, 3.8) is 0 Å². The topological polar surface area (TPSA) is 71.4 Å². The molecule has 0 aliphatic carbocycles. The summed E-state index contributed by atoms with van der Waals surface area (Å²) in [5.74, 6) is 0.274. The van der Waals surface area contributed by atoms with E-state index in [9.17, 15) is 9.90 Å². The number of hydrogen-bond acceptors (Lipinski definition) is 7. The van der Waals surface area contributed by atoms with E-state index < -0.39 is 0 Å². The van der Waals surface area contributed by atoms with Crippen molar-refractivity contribution in [3.8, 4) is 11.5 Å². The maximum Gasteiger partial charge on any atom is 0.341 e. The maximum atomic E-state index is 12.2. The Bertz CT molecular complexity index is 829. The maximum absolute atomic E-state index is 12.2. The van der Waals surface area contributed by atoms with Crippen molar-refractivity contribution in [3.05, 3.63) is 39.8 Å². The summed E-state index contributed by atoms with van der Waals surface area (Å²) >= 11 is 1.50. The van der Waals surface area contributed by atoms with Crippen molar-refractivity contribution < 1.29 is 19.4 Å². The summed E-state index contributed by atoms with van der Waals surface area (Å²) < 4.78 is 10.0. The molecule has 0 fully saturated rings. The first-order valence-corrected chi connectivity index (χ1v) is 8.67. The van der Waals surface area contributed by atoms with Crippen LogP contribution in [0, 0.1) is 0 Å². The fourth-order valence-electron chi connectivity index (χ4n) is 2.81. The molecular formula is C18H20N2O4S. The molecule has 0 radical (unpaired) electrons. The van der Waals surface area contributed by atoms with Crippen molar-refractivity contribution >= 4 is 28.5 Å². The van der Waals surface area contributed by atoms with E-state index in [0.717, 1.165) is 30.0 Å². The summed E-state index contributed by atoms with van der Waals surface area (Å²) in [4.78, 5) is 20.1. The van der Waals surface area contributed by atoms with Gasteiger partial charge < -0.3 is 19.5 Å². The Hall–Kier alpha value is -2.38. The van der Waals surface area contributed by atoms with Gasteiger partial charge in [-0.3, -0.25) is 0 Å². The molecule has 1 aromatic heterocycles. The van der Waals surface area contributed by atoms with Crippen LogP contribution in [0.3, 0.4) is 0 Å². The second kappa shape index (κ2) is 7.25. The molecule has 1 aromatic carbocycles. The smallest absolute Gasteiger partial charge is 0.341 e. The highest BCUT2D eigenvalue weighted by Crippen LogP contribution is 2.39. The summed E-state index contributed by atoms with van der Waals surface area (Å²) in [5, 5.41) is 10.7. The molecule has 1 aliphatic rings. The third kappa shape index (κ3) is 3.52. The van der Waals surface area contributed by atoms with Crippen LogP contribution in [0.25, 0.3) is 0 Å². The van der Waals surface area contributed by atoms with E-state index in [2.05, 4.69) is 16.9 Å². The van der Waals surface area contributed by atoms with Gasteiger partial charge in [-0.25, -0.2) is 9.79 Å². The monoisotopic (exact) mass is 360 g/mol. The molecule has 7 heteroatoms. The number of aliphatic imine (C=N–C) groups is 1. The molecule has 6 nitrogen and oxygen atoms in total. The van der Waals surface area contributed by atoms with Gasteiger partial charge in [-0.2, -0.15) is 0 Å². The predicted octanol–water partition coefficient (Wildman–Crippen LogP) is 2.99. The molecule has 0 saturated carbocycles. The van der Waals surface area contributed by atoms with Crippen LogP contribution in [0.5, 0.6) is 11.5 Å². The number of rotatable bonds is 4. The van der Waals surface area contributed by atoms with Crippen molar-refractivity contribution in [2.45, 2.75) is 13.0 Å². The molecule has 0 unspecified atom stereocenters. The number of methoxy groups -OCH3 is 2. The minimum absolute atomic E-state index is 0.0729. The highest BCUT2D eigenvalue weighted by molar-refractivity contribution is 7.16. The number of aromatic hydroxyl groups is 1. The van der Waals surface area contributed by atoms with Crippen LogP contribution >= 0.6 is 11.3 Å². The van der Waals surface area contributed by atoms with Crippen LogP contribution < -0.4 is 4.74 Å². The Kier molecular flexibility index (Phi) is 5.06. The van der Waals surface area contributed by atoms with Gasteiger partial charge in [-0.1, -0.05) is 0 Å². The average Bonchev–Trinajstić information content (AvgIpc) is 2.97. The molecule has 2 aromatic rings. The van der Waals surface area contributed by atoms with Gasteiger partial charge in [0.25, 0.3) is 0 Å². The Morgan fingerprint density at radius 3 is 2.88 bits per heavy atom. The lowest BCUT2D eigenvalue weighted by atomic mass is 10.0. The van der Waals surface area contributed by atoms with Crippen LogP contribution in [0.2, 0.25) is 0 Å². The summed E-state index contributed by atoms with van der Waals surface area (Å²) in [6, 6.07) is 4.99. The van der Waals surface area contributed by atoms with Gasteiger partial charge in [-0.05, 0) is 31.2 Å². The standard InChI is InChI=1S/C18H20N2O4S/c1-20-7-6-13-15(10-20)25-17(16(13)18(22)24-3)19-9-11-4-5-12(23-2)8-14(11)21/h4-5,8-9,21H,6-7,10H2,1-3H3. The number of likely N-dealkylation sites (N-methyl/N-ethyl adjacent to an activating group) is 1. The Balaban J connectivity index is 1.98. The first kappa shape index (κ1) is 17.4. The molecule has 1 aliphatic heterocycles. The number of ether oxygens (including phenoxy) is 2. The predicted molar refractivity (Wildman–Crippen MR) is 97.6 cm³/mol. The molecule has 3 rings (SSSR count).